The summed E-state index contributed by atoms with van der Waals surface area (Å²) < 4.78 is 0. The Morgan fingerprint density at radius 2 is 2.05 bits per heavy atom. The Hall–Kier alpha value is -2.32. The summed E-state index contributed by atoms with van der Waals surface area (Å²) in [5, 5.41) is 13.8. The number of rotatable bonds is 5. The Balaban J connectivity index is 2.51. The number of likely N-dealkylation sites (tertiary alicyclic amines) is 1. The first kappa shape index (κ1) is 15.7. The maximum Gasteiger partial charge on any atom is 0.326 e. The number of nitrogens with one attached hydrogen (secondary N) is 2. The van der Waals surface area contributed by atoms with E-state index in [4.69, 9.17) is 10.8 Å². The Morgan fingerprint density at radius 1 is 1.40 bits per heavy atom. The maximum absolute atomic E-state index is 11.9. The number of primary amides is 1. The van der Waals surface area contributed by atoms with Crippen molar-refractivity contribution in [3.8, 4) is 0 Å². The molecule has 9 heteroatoms. The highest BCUT2D eigenvalue weighted by Gasteiger charge is 2.30. The minimum absolute atomic E-state index is 0.141. The molecule has 4 amide bonds. The maximum atomic E-state index is 11.9. The number of hydrogen-bond acceptors (Lipinski definition) is 4. The van der Waals surface area contributed by atoms with Crippen molar-refractivity contribution in [1.29, 1.82) is 0 Å². The van der Waals surface area contributed by atoms with E-state index in [0.717, 1.165) is 0 Å². The molecule has 0 spiro atoms. The first-order valence-corrected chi connectivity index (χ1v) is 6.13. The largest absolute Gasteiger partial charge is 0.480 e. The summed E-state index contributed by atoms with van der Waals surface area (Å²) in [5.41, 5.74) is 4.92. The molecule has 20 heavy (non-hydrogen) atoms. The third kappa shape index (κ3) is 4.75. The predicted octanol–water partition coefficient (Wildman–Crippen LogP) is -1.76. The van der Waals surface area contributed by atoms with Gasteiger partial charge in [0, 0.05) is 26.1 Å². The van der Waals surface area contributed by atoms with Crippen molar-refractivity contribution in [2.24, 2.45) is 5.73 Å². The number of carboxylic acids is 1. The molecule has 1 saturated heterocycles. The summed E-state index contributed by atoms with van der Waals surface area (Å²) in [4.78, 5) is 45.8. The second kappa shape index (κ2) is 6.73. The first-order valence-electron chi connectivity index (χ1n) is 6.13. The Bertz CT molecular complexity index is 425. The number of carbonyl (C=O) groups is 4. The van der Waals surface area contributed by atoms with Crippen LogP contribution >= 0.6 is 0 Å². The van der Waals surface area contributed by atoms with Crippen molar-refractivity contribution in [2.45, 2.75) is 31.8 Å². The second-order valence-electron chi connectivity index (χ2n) is 4.64. The molecule has 0 aromatic rings. The highest BCUT2D eigenvalue weighted by molar-refractivity contribution is 5.87. The van der Waals surface area contributed by atoms with Crippen LogP contribution in [0.5, 0.6) is 0 Å². The molecule has 1 rings (SSSR count). The molecule has 1 aliphatic rings. The number of urea groups is 1. The number of carboxylic acid groups (broad SMARTS) is 1. The average molecular weight is 286 g/mol. The van der Waals surface area contributed by atoms with E-state index in [1.54, 1.807) is 0 Å². The van der Waals surface area contributed by atoms with Crippen molar-refractivity contribution in [3.05, 3.63) is 0 Å². The Labute approximate surface area is 115 Å². The summed E-state index contributed by atoms with van der Waals surface area (Å²) in [6.45, 7) is 2.09. The molecular formula is C11H18N4O5. The smallest absolute Gasteiger partial charge is 0.326 e. The molecule has 2 atom stereocenters. The van der Waals surface area contributed by atoms with Gasteiger partial charge in [0.05, 0.1) is 6.42 Å². The van der Waals surface area contributed by atoms with Gasteiger partial charge in [0.2, 0.25) is 11.8 Å². The summed E-state index contributed by atoms with van der Waals surface area (Å²) in [7, 11) is 0. The van der Waals surface area contributed by atoms with Crippen LogP contribution in [0.3, 0.4) is 0 Å². The van der Waals surface area contributed by atoms with E-state index >= 15 is 0 Å². The van der Waals surface area contributed by atoms with Gasteiger partial charge >= 0.3 is 12.0 Å². The minimum atomic E-state index is -1.35. The zero-order chi connectivity index (χ0) is 15.3. The van der Waals surface area contributed by atoms with Crippen LogP contribution in [0.25, 0.3) is 0 Å². The third-order valence-electron chi connectivity index (χ3n) is 2.88. The van der Waals surface area contributed by atoms with Gasteiger partial charge in [-0.05, 0) is 6.42 Å². The summed E-state index contributed by atoms with van der Waals surface area (Å²) in [6.07, 6.45) is 0.130. The molecule has 5 N–H and O–H groups in total. The predicted molar refractivity (Wildman–Crippen MR) is 67.6 cm³/mol. The molecule has 1 unspecified atom stereocenters. The normalized spacial score (nSPS) is 19.2. The van der Waals surface area contributed by atoms with Gasteiger partial charge in [-0.1, -0.05) is 0 Å². The second-order valence-corrected chi connectivity index (χ2v) is 4.64. The number of nitrogens with two attached hydrogens (primary N) is 1. The van der Waals surface area contributed by atoms with Gasteiger partial charge in [-0.25, -0.2) is 9.59 Å². The molecule has 1 heterocycles. The van der Waals surface area contributed by atoms with E-state index in [2.05, 4.69) is 10.6 Å². The van der Waals surface area contributed by atoms with Crippen LogP contribution < -0.4 is 16.4 Å². The topological polar surface area (TPSA) is 142 Å². The van der Waals surface area contributed by atoms with Crippen LogP contribution in [0.4, 0.5) is 4.79 Å². The molecule has 0 aromatic heterocycles. The molecular weight excluding hydrogens is 268 g/mol. The lowest BCUT2D eigenvalue weighted by molar-refractivity contribution is -0.141. The number of carbonyl (C=O) groups excluding carboxylic acids is 3. The number of nitrogens with zero attached hydrogens (tertiary/aromatic N) is 1. The van der Waals surface area contributed by atoms with Crippen molar-refractivity contribution in [2.75, 3.05) is 13.1 Å². The standard InChI is InChI=1S/C11H18N4O5/c1-6(16)13-7-2-3-15(5-7)11(20)14-8(10(18)19)4-9(12)17/h7-8H,2-5H2,1H3,(H2,12,17)(H,13,16)(H,14,20)(H,18,19)/t7?,8-/m1/s1. The molecule has 9 nitrogen and oxygen atoms in total. The fourth-order valence-electron chi connectivity index (χ4n) is 1.99. The lowest BCUT2D eigenvalue weighted by Gasteiger charge is -2.20. The molecule has 1 aliphatic heterocycles. The van der Waals surface area contributed by atoms with Gasteiger partial charge < -0.3 is 26.4 Å². The van der Waals surface area contributed by atoms with Gasteiger partial charge in [0.15, 0.2) is 0 Å². The van der Waals surface area contributed by atoms with E-state index in [0.29, 0.717) is 19.5 Å². The lowest BCUT2D eigenvalue weighted by atomic mass is 10.2. The van der Waals surface area contributed by atoms with Crippen LogP contribution in [0, 0.1) is 0 Å². The van der Waals surface area contributed by atoms with Crippen molar-refractivity contribution < 1.29 is 24.3 Å². The van der Waals surface area contributed by atoms with Crippen LogP contribution in [-0.2, 0) is 14.4 Å². The fourth-order valence-corrected chi connectivity index (χ4v) is 1.99. The van der Waals surface area contributed by atoms with E-state index in [-0.39, 0.29) is 11.9 Å². The molecule has 0 radical (unpaired) electrons. The zero-order valence-corrected chi connectivity index (χ0v) is 11.1. The highest BCUT2D eigenvalue weighted by atomic mass is 16.4. The summed E-state index contributed by atoms with van der Waals surface area (Å²) >= 11 is 0. The van der Waals surface area contributed by atoms with Crippen LogP contribution in [0.2, 0.25) is 0 Å². The van der Waals surface area contributed by atoms with E-state index in [9.17, 15) is 19.2 Å². The highest BCUT2D eigenvalue weighted by Crippen LogP contribution is 2.09. The summed E-state index contributed by atoms with van der Waals surface area (Å²) in [5.74, 6) is -2.32. The first-order chi connectivity index (χ1) is 9.29. The molecule has 0 aliphatic carbocycles. The van der Waals surface area contributed by atoms with Crippen molar-refractivity contribution in [1.82, 2.24) is 15.5 Å². The average Bonchev–Trinajstić information content (AvgIpc) is 2.74. The monoisotopic (exact) mass is 286 g/mol. The van der Waals surface area contributed by atoms with Crippen LogP contribution in [-0.4, -0.2) is 59.0 Å². The SMILES string of the molecule is CC(=O)NC1CCN(C(=O)N[C@H](CC(N)=O)C(=O)O)C1. The fraction of sp³-hybridized carbons (Fsp3) is 0.636. The summed E-state index contributed by atoms with van der Waals surface area (Å²) in [6, 6.07) is -2.08. The van der Waals surface area contributed by atoms with Crippen LogP contribution in [0.1, 0.15) is 19.8 Å². The lowest BCUT2D eigenvalue weighted by Crippen LogP contribution is -2.49. The quantitative estimate of drug-likeness (QED) is 0.473. The van der Waals surface area contributed by atoms with E-state index in [1.807, 2.05) is 0 Å². The molecule has 0 saturated carbocycles. The van der Waals surface area contributed by atoms with Crippen molar-refractivity contribution >= 4 is 23.8 Å². The molecule has 1 fully saturated rings. The van der Waals surface area contributed by atoms with E-state index in [1.165, 1.54) is 11.8 Å². The minimum Gasteiger partial charge on any atom is -0.480 e. The Morgan fingerprint density at radius 3 is 2.55 bits per heavy atom. The number of hydrogen-bond donors (Lipinski definition) is 4. The van der Waals surface area contributed by atoms with Crippen molar-refractivity contribution in [3.63, 3.8) is 0 Å². The van der Waals surface area contributed by atoms with Gasteiger partial charge in [-0.15, -0.1) is 0 Å². The third-order valence-corrected chi connectivity index (χ3v) is 2.88. The van der Waals surface area contributed by atoms with Crippen LogP contribution in [0.15, 0.2) is 0 Å². The van der Waals surface area contributed by atoms with Gasteiger partial charge in [-0.3, -0.25) is 9.59 Å². The zero-order valence-electron chi connectivity index (χ0n) is 11.1. The van der Waals surface area contributed by atoms with Gasteiger partial charge in [0.25, 0.3) is 0 Å². The molecule has 0 aromatic carbocycles. The number of aliphatic carboxylic acids is 1. The molecule has 0 bridgehead atoms. The van der Waals surface area contributed by atoms with E-state index < -0.39 is 30.4 Å². The Kier molecular flexibility index (Phi) is 5.30. The number of amides is 4. The van der Waals surface area contributed by atoms with Gasteiger partial charge in [-0.2, -0.15) is 0 Å². The van der Waals surface area contributed by atoms with Gasteiger partial charge in [0.1, 0.15) is 6.04 Å². The molecule has 112 valence electrons.